The molecule has 1 aromatic carbocycles. The van der Waals surface area contributed by atoms with E-state index in [0.29, 0.717) is 13.2 Å². The summed E-state index contributed by atoms with van der Waals surface area (Å²) in [5, 5.41) is 0. The van der Waals surface area contributed by atoms with Crippen LogP contribution in [-0.2, 0) is 30.3 Å². The van der Waals surface area contributed by atoms with Crippen LogP contribution in [0.25, 0.3) is 0 Å². The van der Waals surface area contributed by atoms with Crippen LogP contribution in [0, 0.1) is 5.92 Å². The third-order valence-electron chi connectivity index (χ3n) is 7.53. The summed E-state index contributed by atoms with van der Waals surface area (Å²) in [4.78, 5) is 12.9. The Hall–Kier alpha value is -1.47. The van der Waals surface area contributed by atoms with Crippen molar-refractivity contribution >= 4 is 5.97 Å². The summed E-state index contributed by atoms with van der Waals surface area (Å²) >= 11 is 0. The number of ether oxygens (including phenoxy) is 4. The minimum Gasteiger partial charge on any atom is -0.461 e. The Bertz CT molecular complexity index is 741. The smallest absolute Gasteiger partial charge is 0.325 e. The Morgan fingerprint density at radius 2 is 1.61 bits per heavy atom. The highest BCUT2D eigenvalue weighted by Gasteiger charge is 2.37. The Kier molecular flexibility index (Phi) is 16.2. The van der Waals surface area contributed by atoms with Gasteiger partial charge < -0.3 is 24.7 Å². The number of hydrogen-bond donors (Lipinski definition) is 1. The van der Waals surface area contributed by atoms with E-state index in [9.17, 15) is 4.79 Å². The minimum absolute atomic E-state index is 0.0187. The van der Waals surface area contributed by atoms with Gasteiger partial charge in [0.25, 0.3) is 0 Å². The largest absolute Gasteiger partial charge is 0.461 e. The number of benzene rings is 1. The molecule has 0 saturated carbocycles. The quantitative estimate of drug-likeness (QED) is 0.140. The van der Waals surface area contributed by atoms with Crippen molar-refractivity contribution in [3.8, 4) is 0 Å². The van der Waals surface area contributed by atoms with Crippen molar-refractivity contribution in [3.63, 3.8) is 0 Å². The predicted molar refractivity (Wildman–Crippen MR) is 154 cm³/mol. The van der Waals surface area contributed by atoms with Gasteiger partial charge in [0.05, 0.1) is 25.9 Å². The first-order valence-corrected chi connectivity index (χ1v) is 15.2. The molecule has 0 unspecified atom stereocenters. The van der Waals surface area contributed by atoms with Crippen molar-refractivity contribution in [2.45, 2.75) is 142 Å². The predicted octanol–water partition coefficient (Wildman–Crippen LogP) is 7.32. The van der Waals surface area contributed by atoms with E-state index < -0.39 is 17.8 Å². The molecular weight excluding hydrogens is 478 g/mol. The normalized spacial score (nSPS) is 19.6. The fourth-order valence-electron chi connectivity index (χ4n) is 5.11. The maximum Gasteiger partial charge on any atom is 0.325 e. The first kappa shape index (κ1) is 32.7. The van der Waals surface area contributed by atoms with Crippen LogP contribution in [0.2, 0.25) is 0 Å². The Morgan fingerprint density at radius 1 is 1.00 bits per heavy atom. The molecule has 0 radical (unpaired) electrons. The number of carbonyl (C=O) groups excluding carboxylic acids is 1. The molecule has 1 aliphatic heterocycles. The molecule has 1 aliphatic rings. The van der Waals surface area contributed by atoms with Crippen LogP contribution in [0.4, 0.5) is 0 Å². The molecule has 6 nitrogen and oxygen atoms in total. The van der Waals surface area contributed by atoms with Gasteiger partial charge in [0, 0.05) is 5.92 Å². The summed E-state index contributed by atoms with van der Waals surface area (Å²) in [6.07, 6.45) is 15.5. The summed E-state index contributed by atoms with van der Waals surface area (Å²) in [5.41, 5.74) is 7.21. The van der Waals surface area contributed by atoms with E-state index in [1.54, 1.807) is 0 Å². The van der Waals surface area contributed by atoms with Crippen LogP contribution in [-0.4, -0.2) is 43.2 Å². The second kappa shape index (κ2) is 18.8. The fraction of sp³-hybridized carbons (Fsp3) is 0.781. The summed E-state index contributed by atoms with van der Waals surface area (Å²) in [5.74, 6) is -0.962. The van der Waals surface area contributed by atoms with Gasteiger partial charge in [-0.2, -0.15) is 0 Å². The van der Waals surface area contributed by atoms with E-state index in [1.165, 1.54) is 57.8 Å². The molecule has 4 atom stereocenters. The number of carbonyl (C=O) groups is 1. The van der Waals surface area contributed by atoms with E-state index in [-0.39, 0.29) is 24.7 Å². The Labute approximate surface area is 232 Å². The van der Waals surface area contributed by atoms with E-state index in [1.807, 2.05) is 44.2 Å². The van der Waals surface area contributed by atoms with Gasteiger partial charge in [-0.25, -0.2) is 0 Å². The van der Waals surface area contributed by atoms with Gasteiger partial charge in [0.15, 0.2) is 5.79 Å². The molecular formula is C32H55NO5. The highest BCUT2D eigenvalue weighted by molar-refractivity contribution is 5.75. The fourth-order valence-corrected chi connectivity index (χ4v) is 5.11. The average molecular weight is 534 g/mol. The Morgan fingerprint density at radius 3 is 2.21 bits per heavy atom. The summed E-state index contributed by atoms with van der Waals surface area (Å²) < 4.78 is 23.7. The van der Waals surface area contributed by atoms with Gasteiger partial charge >= 0.3 is 5.97 Å². The molecule has 0 spiro atoms. The maximum absolute atomic E-state index is 12.9. The minimum atomic E-state index is -0.808. The lowest BCUT2D eigenvalue weighted by Crippen LogP contribution is -2.47. The van der Waals surface area contributed by atoms with Crippen LogP contribution >= 0.6 is 0 Å². The van der Waals surface area contributed by atoms with Crippen molar-refractivity contribution < 1.29 is 23.7 Å². The lowest BCUT2D eigenvalue weighted by Gasteiger charge is -2.40. The van der Waals surface area contributed by atoms with Gasteiger partial charge in [0.2, 0.25) is 0 Å². The third kappa shape index (κ3) is 13.5. The topological polar surface area (TPSA) is 80.0 Å². The zero-order valence-corrected chi connectivity index (χ0v) is 24.6. The van der Waals surface area contributed by atoms with Crippen molar-refractivity contribution in [2.24, 2.45) is 11.7 Å². The van der Waals surface area contributed by atoms with Crippen molar-refractivity contribution in [3.05, 3.63) is 35.9 Å². The monoisotopic (exact) mass is 533 g/mol. The number of rotatable bonds is 20. The van der Waals surface area contributed by atoms with Crippen LogP contribution < -0.4 is 5.73 Å². The second-order valence-corrected chi connectivity index (χ2v) is 11.5. The lowest BCUT2D eigenvalue weighted by molar-refractivity contribution is -0.286. The number of unbranched alkanes of at least 4 members (excludes halogenated alkanes) is 10. The van der Waals surface area contributed by atoms with E-state index in [4.69, 9.17) is 24.7 Å². The maximum atomic E-state index is 12.9. The number of esters is 1. The zero-order valence-electron chi connectivity index (χ0n) is 24.6. The molecule has 1 heterocycles. The summed E-state index contributed by atoms with van der Waals surface area (Å²) in [7, 11) is 0. The molecule has 0 aromatic heterocycles. The molecule has 6 heteroatoms. The first-order valence-electron chi connectivity index (χ1n) is 15.2. The van der Waals surface area contributed by atoms with E-state index in [0.717, 1.165) is 31.2 Å². The van der Waals surface area contributed by atoms with Gasteiger partial charge in [-0.3, -0.25) is 4.79 Å². The van der Waals surface area contributed by atoms with Crippen molar-refractivity contribution in [2.75, 3.05) is 13.2 Å². The molecule has 0 amide bonds. The number of nitrogens with two attached hydrogens (primary N) is 1. The van der Waals surface area contributed by atoms with Crippen LogP contribution in [0.1, 0.15) is 117 Å². The van der Waals surface area contributed by atoms with Crippen LogP contribution in [0.3, 0.4) is 0 Å². The highest BCUT2D eigenvalue weighted by Crippen LogP contribution is 2.30. The molecule has 218 valence electrons. The van der Waals surface area contributed by atoms with E-state index in [2.05, 4.69) is 13.8 Å². The van der Waals surface area contributed by atoms with Gasteiger partial charge in [-0.1, -0.05) is 108 Å². The lowest BCUT2D eigenvalue weighted by atomic mass is 9.91. The van der Waals surface area contributed by atoms with E-state index >= 15 is 0 Å². The van der Waals surface area contributed by atoms with Gasteiger partial charge in [-0.15, -0.1) is 0 Å². The third-order valence-corrected chi connectivity index (χ3v) is 7.53. The van der Waals surface area contributed by atoms with Crippen LogP contribution in [0.15, 0.2) is 30.3 Å². The molecule has 38 heavy (non-hydrogen) atoms. The molecule has 1 aromatic rings. The first-order chi connectivity index (χ1) is 18.3. The molecule has 0 aliphatic carbocycles. The number of hydrogen-bond acceptors (Lipinski definition) is 6. The highest BCUT2D eigenvalue weighted by atomic mass is 16.7. The summed E-state index contributed by atoms with van der Waals surface area (Å²) in [6.45, 7) is 9.47. The molecule has 1 saturated heterocycles. The second-order valence-electron chi connectivity index (χ2n) is 11.5. The van der Waals surface area contributed by atoms with Crippen molar-refractivity contribution in [1.29, 1.82) is 0 Å². The SMILES string of the molecule is CCCCCCCCCCCCC[C@@H](OC(=O)[C@@H](N)COCc1ccccc1)[C@H](C)[C@@H]1CCOC(C)(C)O1. The van der Waals surface area contributed by atoms with Gasteiger partial charge in [-0.05, 0) is 38.7 Å². The molecule has 1 fully saturated rings. The summed E-state index contributed by atoms with van der Waals surface area (Å²) in [6, 6.07) is 9.07. The van der Waals surface area contributed by atoms with Crippen LogP contribution in [0.5, 0.6) is 0 Å². The average Bonchev–Trinajstić information content (AvgIpc) is 2.90. The zero-order chi connectivity index (χ0) is 27.6. The molecule has 0 bridgehead atoms. The van der Waals surface area contributed by atoms with Crippen molar-refractivity contribution in [1.82, 2.24) is 0 Å². The van der Waals surface area contributed by atoms with Gasteiger partial charge in [0.1, 0.15) is 12.1 Å². The Balaban J connectivity index is 1.78. The molecule has 2 rings (SSSR count). The molecule has 2 N–H and O–H groups in total. The standard InChI is InChI=1S/C32H55NO5/c1-5-6-7-8-9-10-11-12-13-14-18-21-29(26(2)30-22-23-36-32(3,4)38-30)37-31(34)28(33)25-35-24-27-19-16-15-17-20-27/h15-17,19-20,26,28-30H,5-14,18,21-25,33H2,1-4H3/t26-,28-,29+,30-/m0/s1.